The topological polar surface area (TPSA) is 141 Å². The molecule has 11 heteroatoms. The van der Waals surface area contributed by atoms with Crippen molar-refractivity contribution in [3.63, 3.8) is 0 Å². The van der Waals surface area contributed by atoms with Crippen LogP contribution in [0.5, 0.6) is 0 Å². The molecule has 1 aliphatic rings. The number of amides is 1. The van der Waals surface area contributed by atoms with Crippen molar-refractivity contribution in [1.29, 1.82) is 0 Å². The minimum absolute atomic E-state index is 0.148. The number of hydrazone groups is 1. The van der Waals surface area contributed by atoms with E-state index in [1.165, 1.54) is 0 Å². The first-order valence-electron chi connectivity index (χ1n) is 7.12. The first-order valence-corrected chi connectivity index (χ1v) is 10.0. The van der Waals surface area contributed by atoms with E-state index >= 15 is 0 Å². The van der Waals surface area contributed by atoms with Crippen LogP contribution in [0.25, 0.3) is 0 Å². The number of anilines is 1. The van der Waals surface area contributed by atoms with E-state index < -0.39 is 41.6 Å². The summed E-state index contributed by atoms with van der Waals surface area (Å²) in [5.41, 5.74) is 0.496. The lowest BCUT2D eigenvalue weighted by Gasteiger charge is -2.15. The first kappa shape index (κ1) is 18.2. The number of carbonyl (C=O) groups is 1. The summed E-state index contributed by atoms with van der Waals surface area (Å²) >= 11 is 0. The molecule has 0 bridgehead atoms. The van der Waals surface area contributed by atoms with E-state index in [-0.39, 0.29) is 6.42 Å². The van der Waals surface area contributed by atoms with Crippen molar-refractivity contribution in [3.8, 4) is 0 Å². The minimum atomic E-state index is -4.78. The molecule has 0 unspecified atom stereocenters. The minimum Gasteiger partial charge on any atom is -0.282 e. The van der Waals surface area contributed by atoms with Crippen LogP contribution in [-0.4, -0.2) is 37.6 Å². The van der Waals surface area contributed by atoms with E-state index in [1.54, 1.807) is 30.3 Å². The van der Waals surface area contributed by atoms with Gasteiger partial charge in [-0.25, -0.2) is 0 Å². The fourth-order valence-corrected chi connectivity index (χ4v) is 3.60. The third-order valence-electron chi connectivity index (χ3n) is 3.62. The van der Waals surface area contributed by atoms with Crippen molar-refractivity contribution in [2.45, 2.75) is 16.2 Å². The van der Waals surface area contributed by atoms with E-state index in [1.807, 2.05) is 0 Å². The Labute approximate surface area is 149 Å². The summed E-state index contributed by atoms with van der Waals surface area (Å²) < 4.78 is 64.4. The average molecular weight is 396 g/mol. The van der Waals surface area contributed by atoms with Gasteiger partial charge < -0.3 is 0 Å². The van der Waals surface area contributed by atoms with Crippen molar-refractivity contribution >= 4 is 37.5 Å². The molecule has 0 saturated heterocycles. The van der Waals surface area contributed by atoms with Crippen LogP contribution in [0.4, 0.5) is 5.69 Å². The predicted octanol–water partition coefficient (Wildman–Crippen LogP) is 1.32. The van der Waals surface area contributed by atoms with Gasteiger partial charge in [-0.3, -0.25) is 13.9 Å². The molecular weight excluding hydrogens is 384 g/mol. The number of nitrogens with zero attached hydrogens (tertiary/aromatic N) is 2. The first-order chi connectivity index (χ1) is 12.1. The maximum absolute atomic E-state index is 12.3. The number of rotatable bonds is 4. The van der Waals surface area contributed by atoms with Crippen LogP contribution in [0.2, 0.25) is 0 Å². The van der Waals surface area contributed by atoms with Gasteiger partial charge in [0.25, 0.3) is 26.1 Å². The molecule has 0 fully saturated rings. The number of hydrogen-bond acceptors (Lipinski definition) is 6. The lowest BCUT2D eigenvalue weighted by atomic mass is 10.1. The Morgan fingerprint density at radius 2 is 1.58 bits per heavy atom. The molecule has 3 rings (SSSR count). The number of carbonyl (C=O) groups excluding carboxylic acids is 1. The van der Waals surface area contributed by atoms with Crippen LogP contribution in [-0.2, 0) is 25.0 Å². The van der Waals surface area contributed by atoms with Crippen molar-refractivity contribution in [2.75, 3.05) is 5.01 Å². The summed E-state index contributed by atoms with van der Waals surface area (Å²) in [7, 11) is -9.44. The van der Waals surface area contributed by atoms with Gasteiger partial charge in [-0.2, -0.15) is 26.9 Å². The van der Waals surface area contributed by atoms with Gasteiger partial charge in [0.15, 0.2) is 0 Å². The Balaban J connectivity index is 2.18. The maximum atomic E-state index is 12.3. The fourth-order valence-electron chi connectivity index (χ4n) is 2.45. The van der Waals surface area contributed by atoms with Crippen molar-refractivity contribution < 1.29 is 30.7 Å². The molecule has 26 heavy (non-hydrogen) atoms. The Morgan fingerprint density at radius 1 is 0.923 bits per heavy atom. The van der Waals surface area contributed by atoms with Crippen molar-refractivity contribution in [3.05, 3.63) is 54.1 Å². The van der Waals surface area contributed by atoms with Crippen LogP contribution in [0.3, 0.4) is 0 Å². The van der Waals surface area contributed by atoms with Gasteiger partial charge >= 0.3 is 0 Å². The molecule has 1 aliphatic heterocycles. The van der Waals surface area contributed by atoms with Crippen LogP contribution in [0, 0.1) is 0 Å². The zero-order chi connectivity index (χ0) is 19.1. The average Bonchev–Trinajstić information content (AvgIpc) is 2.95. The Morgan fingerprint density at radius 3 is 2.15 bits per heavy atom. The molecule has 0 atom stereocenters. The molecule has 1 heterocycles. The summed E-state index contributed by atoms with van der Waals surface area (Å²) in [4.78, 5) is 11.0. The summed E-state index contributed by atoms with van der Waals surface area (Å²) in [6, 6.07) is 11.0. The molecule has 2 aromatic rings. The smallest absolute Gasteiger partial charge is 0.282 e. The number of benzene rings is 2. The molecule has 9 nitrogen and oxygen atoms in total. The van der Waals surface area contributed by atoms with Crippen LogP contribution in [0.15, 0.2) is 63.4 Å². The van der Waals surface area contributed by atoms with Gasteiger partial charge in [0.05, 0.1) is 22.7 Å². The third-order valence-corrected chi connectivity index (χ3v) is 5.37. The molecule has 1 amide bonds. The third kappa shape index (κ3) is 3.51. The second-order valence-corrected chi connectivity index (χ2v) is 8.19. The molecule has 0 saturated carbocycles. The molecular formula is C15H12N2O7S2. The molecule has 2 N–H and O–H groups in total. The van der Waals surface area contributed by atoms with E-state index in [0.29, 0.717) is 16.3 Å². The van der Waals surface area contributed by atoms with Crippen LogP contribution < -0.4 is 5.01 Å². The Hall–Kier alpha value is -2.60. The molecule has 0 radical (unpaired) electrons. The zero-order valence-electron chi connectivity index (χ0n) is 13.0. The van der Waals surface area contributed by atoms with Crippen LogP contribution in [0.1, 0.15) is 12.0 Å². The van der Waals surface area contributed by atoms with E-state index in [4.69, 9.17) is 4.55 Å². The highest BCUT2D eigenvalue weighted by atomic mass is 32.2. The van der Waals surface area contributed by atoms with Gasteiger partial charge in [0.2, 0.25) is 0 Å². The summed E-state index contributed by atoms with van der Waals surface area (Å²) in [6.45, 7) is 0. The monoisotopic (exact) mass is 396 g/mol. The normalized spacial score (nSPS) is 15.2. The highest BCUT2D eigenvalue weighted by Crippen LogP contribution is 2.31. The van der Waals surface area contributed by atoms with Crippen molar-refractivity contribution in [1.82, 2.24) is 0 Å². The second kappa shape index (κ2) is 6.29. The van der Waals surface area contributed by atoms with Gasteiger partial charge in [-0.05, 0) is 23.8 Å². The van der Waals surface area contributed by atoms with Crippen LogP contribution >= 0.6 is 0 Å². The highest BCUT2D eigenvalue weighted by Gasteiger charge is 2.31. The van der Waals surface area contributed by atoms with Crippen molar-refractivity contribution in [2.24, 2.45) is 5.10 Å². The highest BCUT2D eigenvalue weighted by molar-refractivity contribution is 7.86. The van der Waals surface area contributed by atoms with E-state index in [0.717, 1.165) is 18.2 Å². The molecule has 0 spiro atoms. The number of hydrogen-bond donors (Lipinski definition) is 2. The standard InChI is InChI=1S/C15H12N2O7S2/c18-15-9-12(10-4-2-1-3-5-10)16-17(15)13-8-11(25(19,20)21)6-7-14(13)26(22,23)24/h1-8H,9H2,(H,19,20,21)(H,22,23,24). The Kier molecular flexibility index (Phi) is 4.40. The second-order valence-electron chi connectivity index (χ2n) is 5.37. The quantitative estimate of drug-likeness (QED) is 0.742. The SMILES string of the molecule is O=C1CC(c2ccccc2)=NN1c1cc(S(=O)(=O)O)ccc1S(=O)(=O)O. The van der Waals surface area contributed by atoms with Gasteiger partial charge in [-0.15, -0.1) is 0 Å². The van der Waals surface area contributed by atoms with E-state index in [9.17, 15) is 26.2 Å². The fraction of sp³-hybridized carbons (Fsp3) is 0.0667. The lowest BCUT2D eigenvalue weighted by Crippen LogP contribution is -2.22. The molecule has 0 aliphatic carbocycles. The predicted molar refractivity (Wildman–Crippen MR) is 91.2 cm³/mol. The maximum Gasteiger partial charge on any atom is 0.296 e. The van der Waals surface area contributed by atoms with Gasteiger partial charge in [-0.1, -0.05) is 30.3 Å². The lowest BCUT2D eigenvalue weighted by molar-refractivity contribution is -0.116. The molecule has 0 aromatic heterocycles. The van der Waals surface area contributed by atoms with Gasteiger partial charge in [0.1, 0.15) is 4.90 Å². The zero-order valence-corrected chi connectivity index (χ0v) is 14.6. The summed E-state index contributed by atoms with van der Waals surface area (Å²) in [5.74, 6) is -0.624. The van der Waals surface area contributed by atoms with E-state index in [2.05, 4.69) is 5.10 Å². The molecule has 2 aromatic carbocycles. The summed E-state index contributed by atoms with van der Waals surface area (Å²) in [6.07, 6.45) is -0.148. The molecule has 136 valence electrons. The summed E-state index contributed by atoms with van der Waals surface area (Å²) in [5, 5.41) is 4.75. The largest absolute Gasteiger partial charge is 0.296 e. The Bertz CT molecular complexity index is 1120. The van der Waals surface area contributed by atoms with Gasteiger partial charge in [0, 0.05) is 0 Å².